The van der Waals surface area contributed by atoms with Gasteiger partial charge in [-0.15, -0.1) is 0 Å². The average molecular weight is 404 g/mol. The molecule has 148 valence electrons. The quantitative estimate of drug-likeness (QED) is 0.327. The fourth-order valence-corrected chi connectivity index (χ4v) is 7.49. The summed E-state index contributed by atoms with van der Waals surface area (Å²) < 4.78 is 46.8. The van der Waals surface area contributed by atoms with Gasteiger partial charge in [-0.1, -0.05) is 0 Å². The Bertz CT molecular complexity index is 471. The number of carboxylic acid groups (broad SMARTS) is 2. The SMILES string of the molecule is CCOP(=O)(OCC)C(CC(C(=O)O)C(=O)O)P(=O)(OCC)OCC. The lowest BCUT2D eigenvalue weighted by Gasteiger charge is -2.32. The zero-order valence-electron chi connectivity index (χ0n) is 14.7. The molecule has 10 nitrogen and oxygen atoms in total. The lowest BCUT2D eigenvalue weighted by molar-refractivity contribution is -0.154. The van der Waals surface area contributed by atoms with E-state index in [0.29, 0.717) is 0 Å². The third-order valence-electron chi connectivity index (χ3n) is 3.01. The third-order valence-corrected chi connectivity index (χ3v) is 9.06. The molecule has 0 aromatic heterocycles. The van der Waals surface area contributed by atoms with Crippen LogP contribution in [0, 0.1) is 5.92 Å². The fraction of sp³-hybridized carbons (Fsp3) is 0.846. The van der Waals surface area contributed by atoms with E-state index in [1.807, 2.05) is 0 Å². The first-order chi connectivity index (χ1) is 11.6. The van der Waals surface area contributed by atoms with Gasteiger partial charge in [0, 0.05) is 0 Å². The highest BCUT2D eigenvalue weighted by Gasteiger charge is 2.53. The first-order valence-electron chi connectivity index (χ1n) is 7.84. The van der Waals surface area contributed by atoms with Crippen molar-refractivity contribution in [2.24, 2.45) is 5.92 Å². The number of rotatable bonds is 14. The number of hydrogen-bond donors (Lipinski definition) is 2. The summed E-state index contributed by atoms with van der Waals surface area (Å²) in [6.45, 7) is 5.71. The van der Waals surface area contributed by atoms with Crippen molar-refractivity contribution in [2.45, 2.75) is 39.5 Å². The molecule has 0 saturated heterocycles. The van der Waals surface area contributed by atoms with Crippen molar-refractivity contribution < 1.29 is 47.0 Å². The van der Waals surface area contributed by atoms with Gasteiger partial charge in [0.15, 0.2) is 11.3 Å². The van der Waals surface area contributed by atoms with E-state index in [2.05, 4.69) is 0 Å². The second-order valence-corrected chi connectivity index (χ2v) is 9.54. The van der Waals surface area contributed by atoms with Crippen LogP contribution >= 0.6 is 15.2 Å². The Morgan fingerprint density at radius 2 is 1.04 bits per heavy atom. The van der Waals surface area contributed by atoms with Crippen LogP contribution in [0.5, 0.6) is 0 Å². The Hall–Kier alpha value is -0.760. The molecule has 0 spiro atoms. The molecule has 12 heteroatoms. The second-order valence-electron chi connectivity index (χ2n) is 4.70. The van der Waals surface area contributed by atoms with Crippen LogP contribution in [0.2, 0.25) is 0 Å². The standard InChI is InChI=1S/C13H26O10P2/c1-5-20-24(18,21-6-2)11(9-10(12(14)15)13(16)17)25(19,22-7-3)23-8-4/h10-11H,5-9H2,1-4H3,(H,14,15)(H,16,17). The predicted octanol–water partition coefficient (Wildman–Crippen LogP) is 3.02. The molecule has 0 saturated carbocycles. The molecular formula is C13H26O10P2. The van der Waals surface area contributed by atoms with E-state index in [1.54, 1.807) is 0 Å². The minimum absolute atomic E-state index is 0.0865. The third kappa shape index (κ3) is 6.81. The van der Waals surface area contributed by atoms with Crippen LogP contribution in [0.15, 0.2) is 0 Å². The van der Waals surface area contributed by atoms with E-state index in [4.69, 9.17) is 28.3 Å². The second kappa shape index (κ2) is 11.1. The van der Waals surface area contributed by atoms with Crippen LogP contribution in [0.3, 0.4) is 0 Å². The molecule has 0 aliphatic carbocycles. The highest BCUT2D eigenvalue weighted by Crippen LogP contribution is 2.71. The van der Waals surface area contributed by atoms with E-state index in [0.717, 1.165) is 0 Å². The van der Waals surface area contributed by atoms with Gasteiger partial charge in [0.1, 0.15) is 0 Å². The Morgan fingerprint density at radius 3 is 1.24 bits per heavy atom. The summed E-state index contributed by atoms with van der Waals surface area (Å²) in [5.41, 5.74) is 0. The summed E-state index contributed by atoms with van der Waals surface area (Å²) in [6, 6.07) is 0. The van der Waals surface area contributed by atoms with E-state index in [-0.39, 0.29) is 26.4 Å². The van der Waals surface area contributed by atoms with Crippen LogP contribution in [-0.2, 0) is 36.8 Å². The number of carbonyl (C=O) groups is 2. The van der Waals surface area contributed by atoms with E-state index in [1.165, 1.54) is 27.7 Å². The molecule has 0 aromatic carbocycles. The zero-order chi connectivity index (χ0) is 19.7. The molecule has 0 aromatic rings. The molecule has 0 amide bonds. The molecule has 25 heavy (non-hydrogen) atoms. The van der Waals surface area contributed by atoms with Crippen LogP contribution in [0.4, 0.5) is 0 Å². The highest BCUT2D eigenvalue weighted by atomic mass is 31.2. The summed E-state index contributed by atoms with van der Waals surface area (Å²) in [6.07, 6.45) is -0.792. The maximum Gasteiger partial charge on any atom is 0.345 e. The first-order valence-corrected chi connectivity index (χ1v) is 11.1. The number of carboxylic acids is 2. The van der Waals surface area contributed by atoms with Crippen molar-refractivity contribution in [2.75, 3.05) is 26.4 Å². The minimum atomic E-state index is -4.18. The lowest BCUT2D eigenvalue weighted by atomic mass is 10.1. The van der Waals surface area contributed by atoms with Gasteiger partial charge in [-0.05, 0) is 34.1 Å². The van der Waals surface area contributed by atoms with Crippen LogP contribution < -0.4 is 0 Å². The Morgan fingerprint density at radius 1 is 0.760 bits per heavy atom. The molecule has 0 atom stereocenters. The predicted molar refractivity (Wildman–Crippen MR) is 88.9 cm³/mol. The van der Waals surface area contributed by atoms with Crippen LogP contribution in [-0.4, -0.2) is 54.0 Å². The monoisotopic (exact) mass is 404 g/mol. The van der Waals surface area contributed by atoms with Gasteiger partial charge in [-0.25, -0.2) is 0 Å². The van der Waals surface area contributed by atoms with Crippen molar-refractivity contribution in [3.05, 3.63) is 0 Å². The van der Waals surface area contributed by atoms with Gasteiger partial charge in [0.2, 0.25) is 0 Å². The normalized spacial score (nSPS) is 12.7. The van der Waals surface area contributed by atoms with Gasteiger partial charge in [-0.2, -0.15) is 0 Å². The van der Waals surface area contributed by atoms with E-state index in [9.17, 15) is 18.7 Å². The Balaban J connectivity index is 6.17. The summed E-state index contributed by atoms with van der Waals surface area (Å²) in [5.74, 6) is -5.32. The van der Waals surface area contributed by atoms with Gasteiger partial charge < -0.3 is 28.3 Å². The van der Waals surface area contributed by atoms with Crippen molar-refractivity contribution in [1.82, 2.24) is 0 Å². The van der Waals surface area contributed by atoms with Gasteiger partial charge >= 0.3 is 27.1 Å². The summed E-state index contributed by atoms with van der Waals surface area (Å²) in [4.78, 5) is 22.5. The first kappa shape index (κ1) is 24.2. The summed E-state index contributed by atoms with van der Waals surface area (Å²) in [5, 5.41) is 16.6. The van der Waals surface area contributed by atoms with Gasteiger partial charge in [0.25, 0.3) is 0 Å². The molecule has 0 fully saturated rings. The maximum atomic E-state index is 13.1. The topological polar surface area (TPSA) is 146 Å². The molecule has 0 unspecified atom stereocenters. The molecule has 0 radical (unpaired) electrons. The van der Waals surface area contributed by atoms with Gasteiger partial charge in [0.05, 0.1) is 26.4 Å². The summed E-state index contributed by atoms with van der Waals surface area (Å²) in [7, 11) is -8.37. The molecular weight excluding hydrogens is 378 g/mol. The van der Waals surface area contributed by atoms with Crippen molar-refractivity contribution in [1.29, 1.82) is 0 Å². The molecule has 0 rings (SSSR count). The number of aliphatic carboxylic acids is 2. The molecule has 0 aliphatic heterocycles. The van der Waals surface area contributed by atoms with E-state index < -0.39 is 44.9 Å². The minimum Gasteiger partial charge on any atom is -0.481 e. The fourth-order valence-electron chi connectivity index (χ4n) is 2.09. The van der Waals surface area contributed by atoms with Crippen LogP contribution in [0.1, 0.15) is 34.1 Å². The largest absolute Gasteiger partial charge is 0.481 e. The Labute approximate surface area is 146 Å². The average Bonchev–Trinajstić information content (AvgIpc) is 2.47. The highest BCUT2D eigenvalue weighted by molar-refractivity contribution is 7.72. The van der Waals surface area contributed by atoms with Crippen molar-refractivity contribution in [3.8, 4) is 0 Å². The smallest absolute Gasteiger partial charge is 0.345 e. The molecule has 0 heterocycles. The maximum absolute atomic E-state index is 13.1. The van der Waals surface area contributed by atoms with Crippen molar-refractivity contribution >= 4 is 27.1 Å². The van der Waals surface area contributed by atoms with Crippen molar-refractivity contribution in [3.63, 3.8) is 0 Å². The zero-order valence-corrected chi connectivity index (χ0v) is 16.5. The number of hydrogen-bond acceptors (Lipinski definition) is 8. The molecule has 0 aliphatic rings. The molecule has 2 N–H and O–H groups in total. The van der Waals surface area contributed by atoms with Crippen LogP contribution in [0.25, 0.3) is 0 Å². The molecule has 0 bridgehead atoms. The lowest BCUT2D eigenvalue weighted by Crippen LogP contribution is -2.29. The Kier molecular flexibility index (Phi) is 10.7. The van der Waals surface area contributed by atoms with E-state index >= 15 is 0 Å². The summed E-state index contributed by atoms with van der Waals surface area (Å²) >= 11 is 0. The van der Waals surface area contributed by atoms with Gasteiger partial charge in [-0.3, -0.25) is 18.7 Å².